The van der Waals surface area contributed by atoms with Gasteiger partial charge in [0.2, 0.25) is 0 Å². The maximum atomic E-state index is 5.83. The molecule has 0 bridgehead atoms. The van der Waals surface area contributed by atoms with Gasteiger partial charge in [0.15, 0.2) is 5.96 Å². The summed E-state index contributed by atoms with van der Waals surface area (Å²) in [5, 5.41) is 7.92. The molecule has 1 saturated heterocycles. The number of fused-ring (bicyclic) bond motifs is 1. The third-order valence-corrected chi connectivity index (χ3v) is 6.05. The highest BCUT2D eigenvalue weighted by molar-refractivity contribution is 7.18. The lowest BCUT2D eigenvalue weighted by Gasteiger charge is -2.21. The zero-order valence-electron chi connectivity index (χ0n) is 17.5. The molecule has 7 heteroatoms. The predicted molar refractivity (Wildman–Crippen MR) is 121 cm³/mol. The monoisotopic (exact) mass is 418 g/mol. The Bertz CT molecular complexity index is 710. The van der Waals surface area contributed by atoms with Gasteiger partial charge in [-0.05, 0) is 50.7 Å². The maximum Gasteiger partial charge on any atom is 0.191 e. The average molecular weight is 419 g/mol. The molecule has 1 fully saturated rings. The van der Waals surface area contributed by atoms with Crippen molar-refractivity contribution in [3.63, 3.8) is 0 Å². The quantitative estimate of drug-likeness (QED) is 0.331. The van der Waals surface area contributed by atoms with Gasteiger partial charge in [0, 0.05) is 52.5 Å². The Kier molecular flexibility index (Phi) is 9.69. The van der Waals surface area contributed by atoms with Crippen LogP contribution in [-0.2, 0) is 15.9 Å². The fraction of sp³-hybridized carbons (Fsp3) is 0.636. The van der Waals surface area contributed by atoms with Gasteiger partial charge in [-0.3, -0.25) is 4.99 Å². The van der Waals surface area contributed by atoms with Crippen molar-refractivity contribution in [2.75, 3.05) is 46.1 Å². The van der Waals surface area contributed by atoms with E-state index in [0.717, 1.165) is 89.6 Å². The van der Waals surface area contributed by atoms with Crippen molar-refractivity contribution in [3.05, 3.63) is 29.3 Å². The van der Waals surface area contributed by atoms with E-state index < -0.39 is 0 Å². The summed E-state index contributed by atoms with van der Waals surface area (Å²) in [7, 11) is 0. The number of guanidine groups is 1. The minimum atomic E-state index is 0.672. The molecule has 0 spiro atoms. The molecular formula is C22H34N4O2S. The number of ether oxygens (including phenoxy) is 2. The van der Waals surface area contributed by atoms with Crippen molar-refractivity contribution < 1.29 is 9.47 Å². The zero-order chi connectivity index (χ0) is 20.2. The largest absolute Gasteiger partial charge is 0.381 e. The van der Waals surface area contributed by atoms with E-state index in [1.807, 2.05) is 6.07 Å². The SMILES string of the molecule is CCNC(=NCCCc1nc2ccccc2s1)NCCCOCC1CCOCC1. The fourth-order valence-corrected chi connectivity index (χ4v) is 4.34. The predicted octanol–water partition coefficient (Wildman–Crippen LogP) is 3.62. The van der Waals surface area contributed by atoms with E-state index in [1.54, 1.807) is 11.3 Å². The smallest absolute Gasteiger partial charge is 0.191 e. The number of aryl methyl sites for hydroxylation is 1. The molecule has 0 saturated carbocycles. The van der Waals surface area contributed by atoms with Gasteiger partial charge in [-0.25, -0.2) is 4.98 Å². The molecule has 2 heterocycles. The fourth-order valence-electron chi connectivity index (χ4n) is 3.33. The lowest BCUT2D eigenvalue weighted by molar-refractivity contribution is 0.0203. The van der Waals surface area contributed by atoms with Crippen LogP contribution in [-0.4, -0.2) is 57.0 Å². The maximum absolute atomic E-state index is 5.83. The van der Waals surface area contributed by atoms with Crippen LogP contribution in [0.3, 0.4) is 0 Å². The van der Waals surface area contributed by atoms with Crippen LogP contribution in [0, 0.1) is 5.92 Å². The molecule has 6 nitrogen and oxygen atoms in total. The number of nitrogens with one attached hydrogen (secondary N) is 2. The molecule has 2 N–H and O–H groups in total. The van der Waals surface area contributed by atoms with E-state index >= 15 is 0 Å². The Morgan fingerprint density at radius 2 is 2.10 bits per heavy atom. The molecule has 29 heavy (non-hydrogen) atoms. The standard InChI is InChI=1S/C22H34N4O2S/c1-2-23-22(25-13-6-14-28-17-18-10-15-27-16-11-18)24-12-5-9-21-26-19-7-3-4-8-20(19)29-21/h3-4,7-8,18H,2,5-6,9-17H2,1H3,(H2,23,24,25). The number of benzene rings is 1. The highest BCUT2D eigenvalue weighted by Gasteiger charge is 2.13. The third kappa shape index (κ3) is 7.91. The second-order valence-corrected chi connectivity index (χ2v) is 8.47. The summed E-state index contributed by atoms with van der Waals surface area (Å²) < 4.78 is 12.5. The first-order valence-corrected chi connectivity index (χ1v) is 11.7. The Morgan fingerprint density at radius 3 is 2.93 bits per heavy atom. The summed E-state index contributed by atoms with van der Waals surface area (Å²) in [6.45, 7) is 8.06. The molecule has 1 aliphatic heterocycles. The second kappa shape index (κ2) is 12.8. The third-order valence-electron chi connectivity index (χ3n) is 4.95. The molecule has 1 aromatic carbocycles. The van der Waals surface area contributed by atoms with Crippen LogP contribution in [0.15, 0.2) is 29.3 Å². The number of hydrogen-bond acceptors (Lipinski definition) is 5. The van der Waals surface area contributed by atoms with Crippen LogP contribution in [0.1, 0.15) is 37.6 Å². The van der Waals surface area contributed by atoms with E-state index in [1.165, 1.54) is 9.71 Å². The van der Waals surface area contributed by atoms with Gasteiger partial charge < -0.3 is 20.1 Å². The van der Waals surface area contributed by atoms with Gasteiger partial charge in [-0.2, -0.15) is 0 Å². The zero-order valence-corrected chi connectivity index (χ0v) is 18.3. The molecule has 2 aromatic rings. The molecule has 160 valence electrons. The van der Waals surface area contributed by atoms with Crippen LogP contribution < -0.4 is 10.6 Å². The normalized spacial score (nSPS) is 15.7. The van der Waals surface area contributed by atoms with Crippen molar-refractivity contribution >= 4 is 27.5 Å². The molecule has 0 radical (unpaired) electrons. The van der Waals surface area contributed by atoms with E-state index in [4.69, 9.17) is 19.5 Å². The summed E-state index contributed by atoms with van der Waals surface area (Å²) in [5.41, 5.74) is 1.10. The molecule has 0 aliphatic carbocycles. The Morgan fingerprint density at radius 1 is 1.24 bits per heavy atom. The van der Waals surface area contributed by atoms with Gasteiger partial charge in [0.05, 0.1) is 15.2 Å². The van der Waals surface area contributed by atoms with E-state index in [0.29, 0.717) is 5.92 Å². The highest BCUT2D eigenvalue weighted by Crippen LogP contribution is 2.22. The number of hydrogen-bond donors (Lipinski definition) is 2. The van der Waals surface area contributed by atoms with Crippen molar-refractivity contribution in [2.24, 2.45) is 10.9 Å². The molecule has 0 unspecified atom stereocenters. The van der Waals surface area contributed by atoms with E-state index in [9.17, 15) is 0 Å². The number of thiazole rings is 1. The number of aromatic nitrogens is 1. The highest BCUT2D eigenvalue weighted by atomic mass is 32.1. The first-order chi connectivity index (χ1) is 14.3. The summed E-state index contributed by atoms with van der Waals surface area (Å²) in [5.74, 6) is 1.56. The first-order valence-electron chi connectivity index (χ1n) is 10.9. The molecule has 0 amide bonds. The van der Waals surface area contributed by atoms with Crippen molar-refractivity contribution in [3.8, 4) is 0 Å². The minimum absolute atomic E-state index is 0.672. The van der Waals surface area contributed by atoms with Crippen molar-refractivity contribution in [1.29, 1.82) is 0 Å². The molecule has 3 rings (SSSR count). The van der Waals surface area contributed by atoms with Gasteiger partial charge in [-0.15, -0.1) is 11.3 Å². The van der Waals surface area contributed by atoms with Crippen molar-refractivity contribution in [1.82, 2.24) is 15.6 Å². The van der Waals surface area contributed by atoms with Crippen LogP contribution in [0.25, 0.3) is 10.2 Å². The van der Waals surface area contributed by atoms with Crippen LogP contribution in [0.4, 0.5) is 0 Å². The first kappa shape index (κ1) is 22.0. The molecular weight excluding hydrogens is 384 g/mol. The number of para-hydroxylation sites is 1. The van der Waals surface area contributed by atoms with Crippen LogP contribution in [0.2, 0.25) is 0 Å². The van der Waals surface area contributed by atoms with E-state index in [2.05, 4.69) is 35.8 Å². The van der Waals surface area contributed by atoms with E-state index in [-0.39, 0.29) is 0 Å². The average Bonchev–Trinajstić information content (AvgIpc) is 3.17. The van der Waals surface area contributed by atoms with Crippen LogP contribution in [0.5, 0.6) is 0 Å². The Labute approximate surface area is 178 Å². The summed E-state index contributed by atoms with van der Waals surface area (Å²) >= 11 is 1.79. The second-order valence-electron chi connectivity index (χ2n) is 7.35. The van der Waals surface area contributed by atoms with Gasteiger partial charge in [-0.1, -0.05) is 12.1 Å². The van der Waals surface area contributed by atoms with Gasteiger partial charge >= 0.3 is 0 Å². The lowest BCUT2D eigenvalue weighted by Crippen LogP contribution is -2.38. The summed E-state index contributed by atoms with van der Waals surface area (Å²) in [4.78, 5) is 9.39. The number of nitrogens with zero attached hydrogens (tertiary/aromatic N) is 2. The summed E-state index contributed by atoms with van der Waals surface area (Å²) in [6, 6.07) is 8.32. The molecule has 1 aromatic heterocycles. The van der Waals surface area contributed by atoms with Gasteiger partial charge in [0.1, 0.15) is 0 Å². The Hall–Kier alpha value is -1.70. The van der Waals surface area contributed by atoms with Gasteiger partial charge in [0.25, 0.3) is 0 Å². The summed E-state index contributed by atoms with van der Waals surface area (Å²) in [6.07, 6.45) is 5.23. The number of rotatable bonds is 11. The van der Waals surface area contributed by atoms with Crippen molar-refractivity contribution in [2.45, 2.75) is 39.0 Å². The topological polar surface area (TPSA) is 67.8 Å². The van der Waals surface area contributed by atoms with Crippen LogP contribution >= 0.6 is 11.3 Å². The molecule has 0 atom stereocenters. The Balaban J connectivity index is 1.29. The lowest BCUT2D eigenvalue weighted by atomic mass is 10.0. The molecule has 1 aliphatic rings. The minimum Gasteiger partial charge on any atom is -0.381 e. The number of aliphatic imine (C=N–C) groups is 1.